The van der Waals surface area contributed by atoms with Crippen LogP contribution in [-0.4, -0.2) is 37.2 Å². The molecule has 6 heteroatoms. The Morgan fingerprint density at radius 3 is 2.82 bits per heavy atom. The molecule has 22 heavy (non-hydrogen) atoms. The number of carbonyl (C=O) groups excluding carboxylic acids is 1. The molecule has 1 aromatic rings. The van der Waals surface area contributed by atoms with Gasteiger partial charge >= 0.3 is 5.97 Å². The highest BCUT2D eigenvalue weighted by Gasteiger charge is 2.20. The third-order valence-electron chi connectivity index (χ3n) is 2.84. The second kappa shape index (κ2) is 10.2. The molecule has 124 valence electrons. The van der Waals surface area contributed by atoms with Crippen molar-refractivity contribution in [2.75, 3.05) is 13.9 Å². The minimum atomic E-state index is -0.479. The van der Waals surface area contributed by atoms with Crippen LogP contribution >= 0.6 is 0 Å². The molecule has 0 saturated heterocycles. The van der Waals surface area contributed by atoms with E-state index in [1.807, 2.05) is 0 Å². The van der Waals surface area contributed by atoms with Crippen LogP contribution in [0.15, 0.2) is 35.0 Å². The van der Waals surface area contributed by atoms with Gasteiger partial charge in [-0.05, 0) is 32.4 Å². The number of esters is 1. The van der Waals surface area contributed by atoms with Gasteiger partial charge in [-0.15, -0.1) is 0 Å². The van der Waals surface area contributed by atoms with Gasteiger partial charge in [0.1, 0.15) is 24.8 Å². The first-order chi connectivity index (χ1) is 10.5. The normalized spacial score (nSPS) is 15.6. The first kappa shape index (κ1) is 18.4. The standard InChI is InChI=1S/C16H24O6/c1-12(17)6-4-8-16(18)22-13(2)10-15(21-11-19-3)14-7-5-9-20-14/h4-5,7-9,12-13,15,17H,6,10-11H2,1-3H3/b8-4+/t12-,13-,15-/m1/s1. The maximum absolute atomic E-state index is 11.6. The van der Waals surface area contributed by atoms with Crippen LogP contribution in [0.5, 0.6) is 0 Å². The lowest BCUT2D eigenvalue weighted by Crippen LogP contribution is -2.18. The highest BCUT2D eigenvalue weighted by molar-refractivity contribution is 5.82. The molecule has 0 radical (unpaired) electrons. The Balaban J connectivity index is 2.47. The Labute approximate surface area is 130 Å². The molecular weight excluding hydrogens is 288 g/mol. The molecule has 1 heterocycles. The lowest BCUT2D eigenvalue weighted by Gasteiger charge is -2.19. The second-order valence-corrected chi connectivity index (χ2v) is 5.05. The molecular formula is C16H24O6. The van der Waals surface area contributed by atoms with E-state index in [9.17, 15) is 4.79 Å². The number of aliphatic hydroxyl groups excluding tert-OH is 1. The topological polar surface area (TPSA) is 78.1 Å². The number of hydrogen-bond donors (Lipinski definition) is 1. The largest absolute Gasteiger partial charge is 0.467 e. The third kappa shape index (κ3) is 7.40. The fourth-order valence-corrected chi connectivity index (χ4v) is 1.84. The van der Waals surface area contributed by atoms with Crippen molar-refractivity contribution in [2.45, 2.75) is 45.0 Å². The van der Waals surface area contributed by atoms with Crippen LogP contribution in [0.25, 0.3) is 0 Å². The number of hydrogen-bond acceptors (Lipinski definition) is 6. The molecule has 0 aliphatic heterocycles. The number of ether oxygens (including phenoxy) is 3. The quantitative estimate of drug-likeness (QED) is 0.406. The average Bonchev–Trinajstić information content (AvgIpc) is 2.96. The van der Waals surface area contributed by atoms with E-state index in [1.165, 1.54) is 13.2 Å². The fraction of sp³-hybridized carbons (Fsp3) is 0.562. The predicted molar refractivity (Wildman–Crippen MR) is 80.0 cm³/mol. The van der Waals surface area contributed by atoms with Crippen LogP contribution in [0.1, 0.15) is 38.6 Å². The van der Waals surface area contributed by atoms with E-state index in [4.69, 9.17) is 23.7 Å². The van der Waals surface area contributed by atoms with Crippen LogP contribution in [0.3, 0.4) is 0 Å². The molecule has 1 N–H and O–H groups in total. The van der Waals surface area contributed by atoms with Gasteiger partial charge in [0.2, 0.25) is 0 Å². The zero-order valence-electron chi connectivity index (χ0n) is 13.2. The minimum Gasteiger partial charge on any atom is -0.467 e. The third-order valence-corrected chi connectivity index (χ3v) is 2.84. The molecule has 0 saturated carbocycles. The van der Waals surface area contributed by atoms with E-state index in [0.29, 0.717) is 18.6 Å². The maximum Gasteiger partial charge on any atom is 0.330 e. The lowest BCUT2D eigenvalue weighted by molar-refractivity contribution is -0.146. The summed E-state index contributed by atoms with van der Waals surface area (Å²) in [5.74, 6) is 0.211. The fourth-order valence-electron chi connectivity index (χ4n) is 1.84. The van der Waals surface area contributed by atoms with Crippen LogP contribution in [0.4, 0.5) is 0 Å². The number of carbonyl (C=O) groups is 1. The summed E-state index contributed by atoms with van der Waals surface area (Å²) in [6.45, 7) is 3.56. The molecule has 0 bridgehead atoms. The van der Waals surface area contributed by atoms with Gasteiger partial charge in [-0.2, -0.15) is 0 Å². The van der Waals surface area contributed by atoms with Crippen LogP contribution in [0.2, 0.25) is 0 Å². The lowest BCUT2D eigenvalue weighted by atomic mass is 10.1. The molecule has 3 atom stereocenters. The van der Waals surface area contributed by atoms with Gasteiger partial charge in [0, 0.05) is 19.6 Å². The summed E-state index contributed by atoms with van der Waals surface area (Å²) in [5, 5.41) is 9.11. The van der Waals surface area contributed by atoms with Crippen LogP contribution in [-0.2, 0) is 19.0 Å². The smallest absolute Gasteiger partial charge is 0.330 e. The SMILES string of the molecule is COCO[C@H](C[C@@H](C)OC(=O)/C=C/C[C@@H](C)O)c1ccco1. The molecule has 1 rings (SSSR count). The van der Waals surface area contributed by atoms with Gasteiger partial charge in [0.05, 0.1) is 12.4 Å². The number of rotatable bonds is 10. The maximum atomic E-state index is 11.6. The van der Waals surface area contributed by atoms with E-state index in [-0.39, 0.29) is 19.0 Å². The molecule has 0 unspecified atom stereocenters. The van der Waals surface area contributed by atoms with E-state index in [1.54, 1.807) is 38.3 Å². The van der Waals surface area contributed by atoms with Crippen molar-refractivity contribution in [1.29, 1.82) is 0 Å². The van der Waals surface area contributed by atoms with Crippen molar-refractivity contribution in [3.8, 4) is 0 Å². The summed E-state index contributed by atoms with van der Waals surface area (Å²) in [6, 6.07) is 3.57. The Hall–Kier alpha value is -1.63. The zero-order chi connectivity index (χ0) is 16.4. The van der Waals surface area contributed by atoms with Gasteiger partial charge < -0.3 is 23.7 Å². The monoisotopic (exact) mass is 312 g/mol. The summed E-state index contributed by atoms with van der Waals surface area (Å²) >= 11 is 0. The summed E-state index contributed by atoms with van der Waals surface area (Å²) in [7, 11) is 1.54. The number of furan rings is 1. The van der Waals surface area contributed by atoms with E-state index in [0.717, 1.165) is 0 Å². The molecule has 0 spiro atoms. The van der Waals surface area contributed by atoms with Crippen molar-refractivity contribution in [3.05, 3.63) is 36.3 Å². The summed E-state index contributed by atoms with van der Waals surface area (Å²) < 4.78 is 21.0. The molecule has 0 aliphatic rings. The van der Waals surface area contributed by atoms with Crippen molar-refractivity contribution in [3.63, 3.8) is 0 Å². The van der Waals surface area contributed by atoms with Crippen molar-refractivity contribution < 1.29 is 28.5 Å². The van der Waals surface area contributed by atoms with Gasteiger partial charge in [-0.1, -0.05) is 6.08 Å². The molecule has 6 nitrogen and oxygen atoms in total. The molecule has 0 aromatic carbocycles. The van der Waals surface area contributed by atoms with Crippen LogP contribution in [0, 0.1) is 0 Å². The van der Waals surface area contributed by atoms with Gasteiger partial charge in [-0.3, -0.25) is 0 Å². The predicted octanol–water partition coefficient (Wildman–Crippen LogP) is 2.59. The summed E-state index contributed by atoms with van der Waals surface area (Å²) in [5.41, 5.74) is 0. The second-order valence-electron chi connectivity index (χ2n) is 5.05. The minimum absolute atomic E-state index is 0.125. The van der Waals surface area contributed by atoms with Crippen molar-refractivity contribution >= 4 is 5.97 Å². The highest BCUT2D eigenvalue weighted by Crippen LogP contribution is 2.24. The Morgan fingerprint density at radius 1 is 1.45 bits per heavy atom. The van der Waals surface area contributed by atoms with Gasteiger partial charge in [0.25, 0.3) is 0 Å². The van der Waals surface area contributed by atoms with Crippen LogP contribution < -0.4 is 0 Å². The van der Waals surface area contributed by atoms with E-state index < -0.39 is 12.1 Å². The highest BCUT2D eigenvalue weighted by atomic mass is 16.7. The average molecular weight is 312 g/mol. The van der Waals surface area contributed by atoms with E-state index in [2.05, 4.69) is 0 Å². The number of aliphatic hydroxyl groups is 1. The Bertz CT molecular complexity index is 437. The van der Waals surface area contributed by atoms with E-state index >= 15 is 0 Å². The van der Waals surface area contributed by atoms with Crippen molar-refractivity contribution in [2.24, 2.45) is 0 Å². The zero-order valence-corrected chi connectivity index (χ0v) is 13.2. The Morgan fingerprint density at radius 2 is 2.23 bits per heavy atom. The first-order valence-electron chi connectivity index (χ1n) is 7.22. The van der Waals surface area contributed by atoms with Crippen molar-refractivity contribution in [1.82, 2.24) is 0 Å². The molecule has 1 aromatic heterocycles. The number of methoxy groups -OCH3 is 1. The summed E-state index contributed by atoms with van der Waals surface area (Å²) in [4.78, 5) is 11.6. The first-order valence-corrected chi connectivity index (χ1v) is 7.22. The summed E-state index contributed by atoms with van der Waals surface area (Å²) in [6.07, 6.45) is 4.16. The van der Waals surface area contributed by atoms with Gasteiger partial charge in [0.15, 0.2) is 0 Å². The molecule has 0 aliphatic carbocycles. The van der Waals surface area contributed by atoms with Gasteiger partial charge in [-0.25, -0.2) is 4.79 Å². The molecule has 0 fully saturated rings. The molecule has 0 amide bonds. The Kier molecular flexibility index (Phi) is 8.50.